The highest BCUT2D eigenvalue weighted by atomic mass is 19.1. The van der Waals surface area contributed by atoms with Crippen LogP contribution in [0.1, 0.15) is 11.1 Å². The highest BCUT2D eigenvalue weighted by molar-refractivity contribution is 5.34. The molecule has 0 aliphatic rings. The number of benzene rings is 3. The van der Waals surface area contributed by atoms with Gasteiger partial charge in [0.1, 0.15) is 17.3 Å². The molecule has 0 amide bonds. The zero-order chi connectivity index (χ0) is 15.9. The lowest BCUT2D eigenvalue weighted by Crippen LogP contribution is -2.12. The second-order valence-corrected chi connectivity index (χ2v) is 5.29. The van der Waals surface area contributed by atoms with Crippen LogP contribution in [0.25, 0.3) is 0 Å². The van der Waals surface area contributed by atoms with E-state index in [0.717, 1.165) is 24.4 Å². The van der Waals surface area contributed by atoms with Crippen molar-refractivity contribution in [1.29, 1.82) is 0 Å². The van der Waals surface area contributed by atoms with Gasteiger partial charge >= 0.3 is 0 Å². The van der Waals surface area contributed by atoms with Crippen LogP contribution in [0.4, 0.5) is 4.39 Å². The molecule has 0 unspecified atom stereocenters. The first-order valence-electron chi connectivity index (χ1n) is 7.56. The maximum atomic E-state index is 12.9. The number of ether oxygens (including phenoxy) is 1. The van der Waals surface area contributed by atoms with Crippen LogP contribution in [0.15, 0.2) is 78.9 Å². The molecule has 0 atom stereocenters. The largest absolute Gasteiger partial charge is 0.457 e. The van der Waals surface area contributed by atoms with E-state index in [4.69, 9.17) is 4.74 Å². The Morgan fingerprint density at radius 2 is 1.39 bits per heavy atom. The van der Waals surface area contributed by atoms with Gasteiger partial charge in [-0.15, -0.1) is 0 Å². The van der Waals surface area contributed by atoms with Crippen LogP contribution in [0.2, 0.25) is 0 Å². The number of hydrogen-bond acceptors (Lipinski definition) is 2. The van der Waals surface area contributed by atoms with Crippen LogP contribution in [0.5, 0.6) is 11.5 Å². The lowest BCUT2D eigenvalue weighted by Gasteiger charge is -2.09. The van der Waals surface area contributed by atoms with Crippen molar-refractivity contribution in [3.63, 3.8) is 0 Å². The molecule has 3 aromatic rings. The third kappa shape index (κ3) is 4.66. The summed E-state index contributed by atoms with van der Waals surface area (Å²) in [5, 5.41) is 3.41. The summed E-state index contributed by atoms with van der Waals surface area (Å²) in [5.41, 5.74) is 2.40. The van der Waals surface area contributed by atoms with Crippen LogP contribution in [0.3, 0.4) is 0 Å². The lowest BCUT2D eigenvalue weighted by molar-refractivity contribution is 0.479. The first-order chi connectivity index (χ1) is 11.3. The zero-order valence-electron chi connectivity index (χ0n) is 12.7. The molecule has 0 saturated heterocycles. The molecule has 0 aliphatic heterocycles. The third-order valence-electron chi connectivity index (χ3n) is 3.45. The second-order valence-electron chi connectivity index (χ2n) is 5.29. The summed E-state index contributed by atoms with van der Waals surface area (Å²) in [7, 11) is 0. The van der Waals surface area contributed by atoms with Crippen molar-refractivity contribution in [2.75, 3.05) is 0 Å². The minimum Gasteiger partial charge on any atom is -0.457 e. The molecule has 0 bridgehead atoms. The van der Waals surface area contributed by atoms with Gasteiger partial charge in [-0.25, -0.2) is 4.39 Å². The van der Waals surface area contributed by atoms with Gasteiger partial charge in [0.25, 0.3) is 0 Å². The number of rotatable bonds is 6. The van der Waals surface area contributed by atoms with Crippen LogP contribution in [-0.4, -0.2) is 0 Å². The quantitative estimate of drug-likeness (QED) is 0.699. The van der Waals surface area contributed by atoms with Crippen molar-refractivity contribution in [3.8, 4) is 11.5 Å². The molecule has 3 heteroatoms. The molecule has 0 aliphatic carbocycles. The fourth-order valence-corrected chi connectivity index (χ4v) is 2.30. The molecule has 0 heterocycles. The Hall–Kier alpha value is -2.65. The summed E-state index contributed by atoms with van der Waals surface area (Å²) < 4.78 is 18.6. The lowest BCUT2D eigenvalue weighted by atomic mass is 10.2. The van der Waals surface area contributed by atoms with Gasteiger partial charge < -0.3 is 10.1 Å². The maximum Gasteiger partial charge on any atom is 0.127 e. The molecule has 2 nitrogen and oxygen atoms in total. The topological polar surface area (TPSA) is 21.3 Å². The fraction of sp³-hybridized carbons (Fsp3) is 0.100. The van der Waals surface area contributed by atoms with Gasteiger partial charge in [-0.2, -0.15) is 0 Å². The van der Waals surface area contributed by atoms with Gasteiger partial charge in [0.15, 0.2) is 0 Å². The summed E-state index contributed by atoms with van der Waals surface area (Å²) >= 11 is 0. The van der Waals surface area contributed by atoms with Crippen molar-refractivity contribution in [1.82, 2.24) is 5.32 Å². The Morgan fingerprint density at radius 3 is 2.17 bits per heavy atom. The zero-order valence-corrected chi connectivity index (χ0v) is 12.7. The minimum absolute atomic E-state index is 0.267. The summed E-state index contributed by atoms with van der Waals surface area (Å²) in [4.78, 5) is 0. The van der Waals surface area contributed by atoms with Crippen molar-refractivity contribution < 1.29 is 9.13 Å². The Morgan fingerprint density at radius 1 is 0.696 bits per heavy atom. The molecule has 0 spiro atoms. The summed E-state index contributed by atoms with van der Waals surface area (Å²) in [6, 6.07) is 24.2. The first kappa shape index (κ1) is 15.3. The fourth-order valence-electron chi connectivity index (χ4n) is 2.30. The van der Waals surface area contributed by atoms with Crippen molar-refractivity contribution in [2.24, 2.45) is 0 Å². The van der Waals surface area contributed by atoms with E-state index in [1.807, 2.05) is 36.4 Å². The first-order valence-corrected chi connectivity index (χ1v) is 7.56. The Balaban J connectivity index is 1.57. The summed E-state index contributed by atoms with van der Waals surface area (Å²) in [6.07, 6.45) is 0. The predicted octanol–water partition coefficient (Wildman–Crippen LogP) is 4.91. The average Bonchev–Trinajstić information content (AvgIpc) is 2.58. The molecular formula is C20H18FNO. The SMILES string of the molecule is Fc1ccc(Oc2cccc(CNCc3ccccc3)c2)cc1. The van der Waals surface area contributed by atoms with Crippen molar-refractivity contribution in [3.05, 3.63) is 95.8 Å². The van der Waals surface area contributed by atoms with Gasteiger partial charge in [-0.3, -0.25) is 0 Å². The second kappa shape index (κ2) is 7.56. The van der Waals surface area contributed by atoms with E-state index >= 15 is 0 Å². The van der Waals surface area contributed by atoms with E-state index in [2.05, 4.69) is 23.5 Å². The Kier molecular flexibility index (Phi) is 5.02. The molecular weight excluding hydrogens is 289 g/mol. The Labute approximate surface area is 135 Å². The molecule has 0 saturated carbocycles. The van der Waals surface area contributed by atoms with Crippen LogP contribution >= 0.6 is 0 Å². The molecule has 0 radical (unpaired) electrons. The van der Waals surface area contributed by atoms with Crippen molar-refractivity contribution >= 4 is 0 Å². The van der Waals surface area contributed by atoms with E-state index in [1.54, 1.807) is 12.1 Å². The maximum absolute atomic E-state index is 12.9. The molecule has 23 heavy (non-hydrogen) atoms. The van der Waals surface area contributed by atoms with Gasteiger partial charge in [0.05, 0.1) is 0 Å². The molecule has 3 aromatic carbocycles. The van der Waals surface area contributed by atoms with E-state index in [9.17, 15) is 4.39 Å². The van der Waals surface area contributed by atoms with E-state index in [-0.39, 0.29) is 5.82 Å². The molecule has 1 N–H and O–H groups in total. The van der Waals surface area contributed by atoms with Gasteiger partial charge in [-0.1, -0.05) is 42.5 Å². The number of halogens is 1. The highest BCUT2D eigenvalue weighted by Crippen LogP contribution is 2.22. The van der Waals surface area contributed by atoms with Gasteiger partial charge in [0.2, 0.25) is 0 Å². The highest BCUT2D eigenvalue weighted by Gasteiger charge is 2.00. The van der Waals surface area contributed by atoms with Crippen LogP contribution in [-0.2, 0) is 13.1 Å². The van der Waals surface area contributed by atoms with E-state index < -0.39 is 0 Å². The molecule has 0 fully saturated rings. The summed E-state index contributed by atoms with van der Waals surface area (Å²) in [6.45, 7) is 1.58. The monoisotopic (exact) mass is 307 g/mol. The van der Waals surface area contributed by atoms with Crippen molar-refractivity contribution in [2.45, 2.75) is 13.1 Å². The summed E-state index contributed by atoms with van der Waals surface area (Å²) in [5.74, 6) is 1.10. The standard InChI is InChI=1S/C20H18FNO/c21-18-9-11-19(12-10-18)23-20-8-4-7-17(13-20)15-22-14-16-5-2-1-3-6-16/h1-13,22H,14-15H2. The molecule has 116 valence electrons. The minimum atomic E-state index is -0.267. The molecule has 0 aromatic heterocycles. The molecule has 3 rings (SSSR count). The van der Waals surface area contributed by atoms with Crippen LogP contribution < -0.4 is 10.1 Å². The third-order valence-corrected chi connectivity index (χ3v) is 3.45. The van der Waals surface area contributed by atoms with E-state index in [1.165, 1.54) is 17.7 Å². The number of hydrogen-bond donors (Lipinski definition) is 1. The predicted molar refractivity (Wildman–Crippen MR) is 89.9 cm³/mol. The normalized spacial score (nSPS) is 10.5. The van der Waals surface area contributed by atoms with E-state index in [0.29, 0.717) is 5.75 Å². The average molecular weight is 307 g/mol. The van der Waals surface area contributed by atoms with Crippen LogP contribution in [0, 0.1) is 5.82 Å². The van der Waals surface area contributed by atoms with Gasteiger partial charge in [-0.05, 0) is 47.5 Å². The Bertz CT molecular complexity index is 741. The number of nitrogens with one attached hydrogen (secondary N) is 1. The van der Waals surface area contributed by atoms with Gasteiger partial charge in [0, 0.05) is 13.1 Å². The smallest absolute Gasteiger partial charge is 0.127 e.